The molecule has 6 heterocycles. The van der Waals surface area contributed by atoms with Crippen LogP contribution in [0, 0.1) is 0 Å². The maximum absolute atomic E-state index is 13.0. The van der Waals surface area contributed by atoms with Crippen LogP contribution in [0.15, 0.2) is 62.7 Å². The number of nitrogens with one attached hydrogen (secondary N) is 2. The molecule has 214 valence electrons. The molecule has 1 aliphatic heterocycles. The first-order valence-corrected chi connectivity index (χ1v) is 13.6. The number of imidazole rings is 1. The Balaban J connectivity index is 1.36. The third-order valence-electron chi connectivity index (χ3n) is 7.43. The number of ether oxygens (including phenoxy) is 1. The van der Waals surface area contributed by atoms with Crippen LogP contribution < -0.4 is 27.1 Å². The summed E-state index contributed by atoms with van der Waals surface area (Å²) in [5, 5.41) is 4.12. The summed E-state index contributed by atoms with van der Waals surface area (Å²) in [6.45, 7) is 3.24. The van der Waals surface area contributed by atoms with E-state index >= 15 is 0 Å². The molecule has 1 aliphatic rings. The van der Waals surface area contributed by atoms with Crippen molar-refractivity contribution in [1.82, 2.24) is 19.4 Å². The lowest BCUT2D eigenvalue weighted by atomic mass is 9.97. The van der Waals surface area contributed by atoms with E-state index in [1.807, 2.05) is 29.3 Å². The fourth-order valence-corrected chi connectivity index (χ4v) is 5.51. The van der Waals surface area contributed by atoms with Gasteiger partial charge in [-0.05, 0) is 23.8 Å². The van der Waals surface area contributed by atoms with Gasteiger partial charge in [-0.15, -0.1) is 0 Å². The topological polar surface area (TPSA) is 183 Å². The van der Waals surface area contributed by atoms with Crippen LogP contribution in [0.1, 0.15) is 21.6 Å². The maximum atomic E-state index is 13.0. The molecule has 0 atom stereocenters. The number of amides is 1. The average Bonchev–Trinajstić information content (AvgIpc) is 3.76. The normalized spacial score (nSPS) is 13.9. The Labute approximate surface area is 238 Å². The van der Waals surface area contributed by atoms with E-state index in [-0.39, 0.29) is 23.0 Å². The van der Waals surface area contributed by atoms with Crippen molar-refractivity contribution >= 4 is 45.5 Å². The molecule has 0 bridgehead atoms. The zero-order chi connectivity index (χ0) is 28.8. The number of fused-ring (bicyclic) bond motifs is 3. The number of furan rings is 1. The van der Waals surface area contributed by atoms with Crippen LogP contribution in [0.2, 0.25) is 0 Å². The molecular formula is C29H28N8O5. The number of aromatic amines is 1. The summed E-state index contributed by atoms with van der Waals surface area (Å²) < 4.78 is 19.2. The highest BCUT2D eigenvalue weighted by molar-refractivity contribution is 6.02. The van der Waals surface area contributed by atoms with Crippen LogP contribution >= 0.6 is 0 Å². The summed E-state index contributed by atoms with van der Waals surface area (Å²) in [6.07, 6.45) is 6.97. The summed E-state index contributed by atoms with van der Waals surface area (Å²) in [4.78, 5) is 40.1. The molecule has 0 spiro atoms. The van der Waals surface area contributed by atoms with Crippen LogP contribution in [0.5, 0.6) is 0 Å². The molecule has 0 aliphatic carbocycles. The number of carbonyl (C=O) groups excluding carboxylic acids is 1. The number of nitrogens with zero attached hydrogens (tertiary/aromatic N) is 4. The number of rotatable bonds is 8. The second kappa shape index (κ2) is 10.4. The number of aromatic nitrogens is 4. The molecular weight excluding hydrogens is 540 g/mol. The summed E-state index contributed by atoms with van der Waals surface area (Å²) in [5.74, 6) is 0.354. The minimum Gasteiger partial charge on any atom is -0.456 e. The van der Waals surface area contributed by atoms with Gasteiger partial charge < -0.3 is 40.2 Å². The average molecular weight is 569 g/mol. The molecule has 0 unspecified atom stereocenters. The Hall–Kier alpha value is -5.14. The van der Waals surface area contributed by atoms with Crippen molar-refractivity contribution in [3.63, 3.8) is 0 Å². The summed E-state index contributed by atoms with van der Waals surface area (Å²) in [6, 6.07) is 7.40. The molecule has 6 aromatic rings. The van der Waals surface area contributed by atoms with Crippen molar-refractivity contribution in [3.05, 3.63) is 76.2 Å². The van der Waals surface area contributed by atoms with Crippen LogP contribution in [-0.4, -0.2) is 64.7 Å². The van der Waals surface area contributed by atoms with E-state index in [1.165, 1.54) is 12.3 Å². The van der Waals surface area contributed by atoms with Crippen LogP contribution in [0.25, 0.3) is 38.8 Å². The molecule has 6 N–H and O–H groups in total. The molecule has 1 aromatic carbocycles. The third kappa shape index (κ3) is 4.35. The first-order valence-electron chi connectivity index (χ1n) is 13.6. The smallest absolute Gasteiger partial charge is 0.254 e. The fourth-order valence-electron chi connectivity index (χ4n) is 5.51. The number of hydrogen-bond acceptors (Lipinski definition) is 10. The first-order chi connectivity index (χ1) is 20.5. The van der Waals surface area contributed by atoms with Crippen molar-refractivity contribution in [2.45, 2.75) is 6.42 Å². The van der Waals surface area contributed by atoms with E-state index in [0.29, 0.717) is 73.7 Å². The van der Waals surface area contributed by atoms with E-state index in [0.717, 1.165) is 22.0 Å². The lowest BCUT2D eigenvalue weighted by Crippen LogP contribution is -2.36. The molecule has 13 heteroatoms. The molecule has 42 heavy (non-hydrogen) atoms. The fraction of sp³-hybridized carbons (Fsp3) is 0.241. The molecule has 0 saturated carbocycles. The maximum Gasteiger partial charge on any atom is 0.254 e. The van der Waals surface area contributed by atoms with Crippen molar-refractivity contribution < 1.29 is 18.4 Å². The number of morpholine rings is 1. The number of H-pyrrole nitrogens is 1. The minimum atomic E-state index is -0.625. The van der Waals surface area contributed by atoms with E-state index in [2.05, 4.69) is 15.3 Å². The summed E-state index contributed by atoms with van der Waals surface area (Å²) in [7, 11) is 0. The molecule has 1 amide bonds. The monoisotopic (exact) mass is 568 g/mol. The third-order valence-corrected chi connectivity index (χ3v) is 7.43. The van der Waals surface area contributed by atoms with Crippen molar-refractivity contribution in [2.75, 3.05) is 49.6 Å². The SMILES string of the molecule is NCCNc1nc(Cc2cc(-c3coc4c(=O)cc(N5CCOCC5)oc34)c3[nH]ccc3c2)c(C(N)=O)c2nccn12. The first kappa shape index (κ1) is 25.8. The quantitative estimate of drug-likeness (QED) is 0.213. The van der Waals surface area contributed by atoms with Gasteiger partial charge in [0.15, 0.2) is 17.1 Å². The van der Waals surface area contributed by atoms with Gasteiger partial charge in [0, 0.05) is 62.1 Å². The van der Waals surface area contributed by atoms with E-state index in [4.69, 9.17) is 30.0 Å². The largest absolute Gasteiger partial charge is 0.456 e. The number of primary amides is 1. The second-order valence-corrected chi connectivity index (χ2v) is 10.1. The number of nitrogens with two attached hydrogens (primary N) is 2. The van der Waals surface area contributed by atoms with Gasteiger partial charge in [0.25, 0.3) is 5.91 Å². The Morgan fingerprint density at radius 3 is 2.81 bits per heavy atom. The van der Waals surface area contributed by atoms with Gasteiger partial charge in [-0.2, -0.15) is 0 Å². The summed E-state index contributed by atoms with van der Waals surface area (Å²) >= 11 is 0. The molecule has 7 rings (SSSR count). The van der Waals surface area contributed by atoms with Gasteiger partial charge in [-0.1, -0.05) is 0 Å². The van der Waals surface area contributed by atoms with Gasteiger partial charge in [0.05, 0.1) is 36.1 Å². The van der Waals surface area contributed by atoms with Gasteiger partial charge >= 0.3 is 0 Å². The lowest BCUT2D eigenvalue weighted by Gasteiger charge is -2.26. The van der Waals surface area contributed by atoms with Crippen molar-refractivity contribution in [3.8, 4) is 11.1 Å². The highest BCUT2D eigenvalue weighted by atomic mass is 16.5. The van der Waals surface area contributed by atoms with Gasteiger partial charge in [0.1, 0.15) is 11.8 Å². The minimum absolute atomic E-state index is 0.144. The predicted octanol–water partition coefficient (Wildman–Crippen LogP) is 2.47. The van der Waals surface area contributed by atoms with Gasteiger partial charge in [-0.3, -0.25) is 14.0 Å². The van der Waals surface area contributed by atoms with Crippen LogP contribution in [0.3, 0.4) is 0 Å². The Bertz CT molecular complexity index is 2010. The summed E-state index contributed by atoms with van der Waals surface area (Å²) in [5.41, 5.74) is 16.0. The molecule has 13 nitrogen and oxygen atoms in total. The van der Waals surface area contributed by atoms with Crippen LogP contribution in [0.4, 0.5) is 11.8 Å². The highest BCUT2D eigenvalue weighted by Gasteiger charge is 2.23. The predicted molar refractivity (Wildman–Crippen MR) is 157 cm³/mol. The van der Waals surface area contributed by atoms with E-state index in [9.17, 15) is 9.59 Å². The number of hydrogen-bond donors (Lipinski definition) is 4. The molecule has 1 fully saturated rings. The Morgan fingerprint density at radius 1 is 1.14 bits per heavy atom. The van der Waals surface area contributed by atoms with Gasteiger partial charge in [0.2, 0.25) is 17.0 Å². The molecule has 0 radical (unpaired) electrons. The van der Waals surface area contributed by atoms with Crippen molar-refractivity contribution in [1.29, 1.82) is 0 Å². The zero-order valence-electron chi connectivity index (χ0n) is 22.6. The number of carbonyl (C=O) groups is 1. The number of benzene rings is 1. The molecule has 5 aromatic heterocycles. The van der Waals surface area contributed by atoms with E-state index < -0.39 is 5.91 Å². The number of anilines is 2. The highest BCUT2D eigenvalue weighted by Crippen LogP contribution is 2.37. The second-order valence-electron chi connectivity index (χ2n) is 10.1. The Morgan fingerprint density at radius 2 is 2.00 bits per heavy atom. The molecule has 1 saturated heterocycles. The Kier molecular flexibility index (Phi) is 6.36. The van der Waals surface area contributed by atoms with Gasteiger partial charge in [-0.25, -0.2) is 9.97 Å². The standard InChI is InChI=1S/C29H28N8O5/c30-2-4-34-29-35-20(23(27(31)39)28-33-5-6-37(28)29)13-16-11-17-1-3-32-24(17)18(12-16)19-15-41-26-21(38)14-22(42-25(19)26)36-7-9-40-10-8-36/h1,3,5-6,11-12,14-15,32H,2,4,7-10,13,30H2,(H2,31,39)(H,34,35). The zero-order valence-corrected chi connectivity index (χ0v) is 22.6. The van der Waals surface area contributed by atoms with Crippen LogP contribution in [-0.2, 0) is 11.2 Å². The lowest BCUT2D eigenvalue weighted by molar-refractivity contribution is 0.1000. The van der Waals surface area contributed by atoms with E-state index in [1.54, 1.807) is 16.8 Å². The van der Waals surface area contributed by atoms with Crippen molar-refractivity contribution in [2.24, 2.45) is 11.5 Å².